The predicted octanol–water partition coefficient (Wildman–Crippen LogP) is 1.81. The van der Waals surface area contributed by atoms with E-state index in [-0.39, 0.29) is 17.7 Å². The van der Waals surface area contributed by atoms with Crippen molar-refractivity contribution in [1.82, 2.24) is 15.1 Å². The van der Waals surface area contributed by atoms with Gasteiger partial charge in [0.25, 0.3) is 0 Å². The van der Waals surface area contributed by atoms with Gasteiger partial charge in [0.05, 0.1) is 5.92 Å². The Morgan fingerprint density at radius 1 is 1.19 bits per heavy atom. The first-order chi connectivity index (χ1) is 12.7. The third-order valence-corrected chi connectivity index (χ3v) is 5.92. The Balaban J connectivity index is 1.15. The van der Waals surface area contributed by atoms with Gasteiger partial charge in [-0.25, -0.2) is 0 Å². The molecule has 0 unspecified atom stereocenters. The van der Waals surface area contributed by atoms with Gasteiger partial charge in [0.2, 0.25) is 11.8 Å². The highest BCUT2D eigenvalue weighted by Crippen LogP contribution is 2.32. The summed E-state index contributed by atoms with van der Waals surface area (Å²) in [6.45, 7) is 5.29. The van der Waals surface area contributed by atoms with Crippen LogP contribution >= 0.6 is 0 Å². The molecule has 0 spiro atoms. The highest BCUT2D eigenvalue weighted by Gasteiger charge is 2.36. The lowest BCUT2D eigenvalue weighted by Gasteiger charge is -2.28. The lowest BCUT2D eigenvalue weighted by Crippen LogP contribution is -2.36. The summed E-state index contributed by atoms with van der Waals surface area (Å²) in [5.41, 5.74) is 2.90. The van der Waals surface area contributed by atoms with E-state index in [0.717, 1.165) is 39.0 Å². The van der Waals surface area contributed by atoms with E-state index < -0.39 is 0 Å². The molecule has 1 saturated heterocycles. The van der Waals surface area contributed by atoms with Gasteiger partial charge in [-0.15, -0.1) is 0 Å². The number of nitrogens with one attached hydrogen (secondary N) is 1. The van der Waals surface area contributed by atoms with Crippen LogP contribution in [-0.4, -0.2) is 54.3 Å². The summed E-state index contributed by atoms with van der Waals surface area (Å²) in [5.74, 6) is 0.753. The van der Waals surface area contributed by atoms with Crippen LogP contribution in [0.2, 0.25) is 0 Å². The first-order valence-corrected chi connectivity index (χ1v) is 10.0. The highest BCUT2D eigenvalue weighted by molar-refractivity contribution is 5.89. The molecule has 2 aliphatic heterocycles. The topological polar surface area (TPSA) is 52.7 Å². The van der Waals surface area contributed by atoms with Crippen LogP contribution < -0.4 is 5.32 Å². The van der Waals surface area contributed by atoms with Gasteiger partial charge in [-0.1, -0.05) is 24.3 Å². The maximum absolute atomic E-state index is 12.3. The Bertz CT molecular complexity index is 671. The zero-order chi connectivity index (χ0) is 17.9. The molecular formula is C21H29N3O2. The zero-order valence-corrected chi connectivity index (χ0v) is 15.5. The van der Waals surface area contributed by atoms with Gasteiger partial charge in [0.15, 0.2) is 0 Å². The third-order valence-electron chi connectivity index (χ3n) is 5.92. The molecule has 1 aliphatic carbocycles. The van der Waals surface area contributed by atoms with E-state index >= 15 is 0 Å². The molecule has 1 saturated carbocycles. The third kappa shape index (κ3) is 4.26. The number of hydrogen-bond acceptors (Lipinski definition) is 3. The Morgan fingerprint density at radius 3 is 2.81 bits per heavy atom. The van der Waals surface area contributed by atoms with Crippen molar-refractivity contribution < 1.29 is 9.59 Å². The predicted molar refractivity (Wildman–Crippen MR) is 100 cm³/mol. The summed E-state index contributed by atoms with van der Waals surface area (Å²) in [4.78, 5) is 28.7. The van der Waals surface area contributed by atoms with Crippen molar-refractivity contribution in [1.29, 1.82) is 0 Å². The summed E-state index contributed by atoms with van der Waals surface area (Å²) >= 11 is 0. The Morgan fingerprint density at radius 2 is 2.00 bits per heavy atom. The van der Waals surface area contributed by atoms with Gasteiger partial charge in [-0.2, -0.15) is 0 Å². The van der Waals surface area contributed by atoms with Crippen LogP contribution in [0.1, 0.15) is 36.8 Å². The highest BCUT2D eigenvalue weighted by atomic mass is 16.2. The lowest BCUT2D eigenvalue weighted by atomic mass is 10.00. The maximum atomic E-state index is 12.3. The van der Waals surface area contributed by atoms with Gasteiger partial charge < -0.3 is 10.2 Å². The monoisotopic (exact) mass is 355 g/mol. The quantitative estimate of drug-likeness (QED) is 0.759. The van der Waals surface area contributed by atoms with Crippen molar-refractivity contribution in [2.75, 3.05) is 32.7 Å². The van der Waals surface area contributed by atoms with E-state index in [1.54, 1.807) is 0 Å². The minimum Gasteiger partial charge on any atom is -0.356 e. The summed E-state index contributed by atoms with van der Waals surface area (Å²) in [6.07, 6.45) is 4.94. The maximum Gasteiger partial charge on any atom is 0.225 e. The number of benzene rings is 1. The number of rotatable bonds is 7. The van der Waals surface area contributed by atoms with Crippen molar-refractivity contribution in [3.63, 3.8) is 0 Å². The normalized spacial score (nSPS) is 23.2. The van der Waals surface area contributed by atoms with Crippen molar-refractivity contribution in [3.05, 3.63) is 35.4 Å². The van der Waals surface area contributed by atoms with Gasteiger partial charge in [0.1, 0.15) is 0 Å². The number of likely N-dealkylation sites (tertiary alicyclic amines) is 1. The largest absolute Gasteiger partial charge is 0.356 e. The van der Waals surface area contributed by atoms with Crippen LogP contribution in [-0.2, 0) is 22.6 Å². The number of fused-ring (bicyclic) bond motifs is 1. The number of carbonyl (C=O) groups excluding carboxylic acids is 2. The molecule has 1 aromatic carbocycles. The molecule has 3 aliphatic rings. The molecule has 5 heteroatoms. The fourth-order valence-electron chi connectivity index (χ4n) is 4.14. The molecule has 140 valence electrons. The molecule has 2 amide bonds. The number of amides is 2. The second-order valence-electron chi connectivity index (χ2n) is 8.08. The van der Waals surface area contributed by atoms with Crippen LogP contribution in [0, 0.1) is 11.8 Å². The molecule has 1 N–H and O–H groups in total. The SMILES string of the molecule is O=C(NCCCN1CCc2ccccc2C1)[C@@H]1CC(=O)N(CC2CC2)C1. The molecule has 0 aromatic heterocycles. The molecule has 0 bridgehead atoms. The van der Waals surface area contributed by atoms with E-state index in [0.29, 0.717) is 25.4 Å². The zero-order valence-electron chi connectivity index (χ0n) is 15.5. The van der Waals surface area contributed by atoms with Crippen molar-refractivity contribution in [2.24, 2.45) is 11.8 Å². The van der Waals surface area contributed by atoms with Crippen molar-refractivity contribution in [3.8, 4) is 0 Å². The smallest absolute Gasteiger partial charge is 0.225 e. The first kappa shape index (κ1) is 17.5. The second-order valence-corrected chi connectivity index (χ2v) is 8.08. The lowest BCUT2D eigenvalue weighted by molar-refractivity contribution is -0.129. The summed E-state index contributed by atoms with van der Waals surface area (Å²) in [7, 11) is 0. The van der Waals surface area contributed by atoms with Crippen LogP contribution in [0.3, 0.4) is 0 Å². The fourth-order valence-corrected chi connectivity index (χ4v) is 4.14. The van der Waals surface area contributed by atoms with E-state index in [9.17, 15) is 9.59 Å². The molecule has 4 rings (SSSR count). The van der Waals surface area contributed by atoms with Crippen molar-refractivity contribution in [2.45, 2.75) is 38.6 Å². The van der Waals surface area contributed by atoms with Crippen LogP contribution in [0.4, 0.5) is 0 Å². The summed E-state index contributed by atoms with van der Waals surface area (Å²) in [6, 6.07) is 8.66. The first-order valence-electron chi connectivity index (χ1n) is 10.0. The minimum absolute atomic E-state index is 0.0561. The van der Waals surface area contributed by atoms with Gasteiger partial charge >= 0.3 is 0 Å². The van der Waals surface area contributed by atoms with Crippen LogP contribution in [0.25, 0.3) is 0 Å². The van der Waals surface area contributed by atoms with Crippen LogP contribution in [0.15, 0.2) is 24.3 Å². The molecular weight excluding hydrogens is 326 g/mol. The second kappa shape index (κ2) is 7.78. The van der Waals surface area contributed by atoms with E-state index in [1.165, 1.54) is 24.0 Å². The summed E-state index contributed by atoms with van der Waals surface area (Å²) < 4.78 is 0. The fraction of sp³-hybridized carbons (Fsp3) is 0.619. The average molecular weight is 355 g/mol. The van der Waals surface area contributed by atoms with Gasteiger partial charge in [-0.3, -0.25) is 14.5 Å². The average Bonchev–Trinajstić information content (AvgIpc) is 3.40. The summed E-state index contributed by atoms with van der Waals surface area (Å²) in [5, 5.41) is 3.05. The molecule has 1 atom stereocenters. The minimum atomic E-state index is -0.150. The van der Waals surface area contributed by atoms with E-state index in [2.05, 4.69) is 34.5 Å². The Kier molecular flexibility index (Phi) is 5.25. The van der Waals surface area contributed by atoms with E-state index in [4.69, 9.17) is 0 Å². The molecule has 0 radical (unpaired) electrons. The number of carbonyl (C=O) groups is 2. The number of nitrogens with zero attached hydrogens (tertiary/aromatic N) is 2. The molecule has 2 fully saturated rings. The molecule has 2 heterocycles. The number of hydrogen-bond donors (Lipinski definition) is 1. The molecule has 26 heavy (non-hydrogen) atoms. The van der Waals surface area contributed by atoms with Gasteiger partial charge in [0, 0.05) is 45.7 Å². The van der Waals surface area contributed by atoms with Crippen molar-refractivity contribution >= 4 is 11.8 Å². The molecule has 5 nitrogen and oxygen atoms in total. The molecule has 1 aromatic rings. The van der Waals surface area contributed by atoms with Gasteiger partial charge in [-0.05, 0) is 42.7 Å². The Labute approximate surface area is 155 Å². The van der Waals surface area contributed by atoms with Crippen LogP contribution in [0.5, 0.6) is 0 Å². The Hall–Kier alpha value is -1.88. The van der Waals surface area contributed by atoms with E-state index in [1.807, 2.05) is 4.90 Å². The standard InChI is InChI=1S/C21H29N3O2/c25-20-12-19(15-24(20)13-16-6-7-16)21(26)22-9-3-10-23-11-8-17-4-1-2-5-18(17)14-23/h1-2,4-5,16,19H,3,6-15H2,(H,22,26)/t19-/m1/s1.